The predicted molar refractivity (Wildman–Crippen MR) is 50.4 cm³/mol. The van der Waals surface area contributed by atoms with E-state index >= 15 is 0 Å². The standard InChI is InChI=1S/C6H9ISi/c1-4-8(7,5-2)6-3/h4-6H,1-3H2. The molecule has 2 heteroatoms. The van der Waals surface area contributed by atoms with Gasteiger partial charge in [0.15, 0.2) is 5.57 Å². The molecule has 0 radical (unpaired) electrons. The highest BCUT2D eigenvalue weighted by atomic mass is 127. The summed E-state index contributed by atoms with van der Waals surface area (Å²) in [5.74, 6) is 0. The minimum Gasteiger partial charge on any atom is -0.106 e. The van der Waals surface area contributed by atoms with Crippen LogP contribution in [0.25, 0.3) is 0 Å². The third-order valence-electron chi connectivity index (χ3n) is 0.939. The van der Waals surface area contributed by atoms with Gasteiger partial charge in [-0.2, -0.15) is 0 Å². The van der Waals surface area contributed by atoms with Crippen molar-refractivity contribution in [2.24, 2.45) is 0 Å². The van der Waals surface area contributed by atoms with Crippen LogP contribution in [0.1, 0.15) is 0 Å². The monoisotopic (exact) mass is 236 g/mol. The minimum absolute atomic E-state index is 1.41. The first kappa shape index (κ1) is 8.17. The van der Waals surface area contributed by atoms with E-state index in [0.717, 1.165) is 0 Å². The second kappa shape index (κ2) is 3.24. The van der Waals surface area contributed by atoms with Gasteiger partial charge in [-0.05, 0) is 0 Å². The van der Waals surface area contributed by atoms with E-state index in [1.54, 1.807) is 0 Å². The average molecular weight is 236 g/mol. The molecule has 0 amide bonds. The molecule has 0 saturated heterocycles. The van der Waals surface area contributed by atoms with Gasteiger partial charge >= 0.3 is 0 Å². The van der Waals surface area contributed by atoms with Gasteiger partial charge in [-0.25, -0.2) is 0 Å². The van der Waals surface area contributed by atoms with E-state index in [0.29, 0.717) is 0 Å². The molecular formula is C6H9ISi. The van der Waals surface area contributed by atoms with Crippen molar-refractivity contribution in [3.63, 3.8) is 0 Å². The predicted octanol–water partition coefficient (Wildman–Crippen LogP) is 2.54. The molecule has 44 valence electrons. The average Bonchev–Trinajstić information content (AvgIpc) is 1.87. The normalized spacial score (nSPS) is 10.1. The van der Waals surface area contributed by atoms with E-state index in [2.05, 4.69) is 41.5 Å². The molecule has 0 heterocycles. The molecule has 0 aliphatic rings. The summed E-state index contributed by atoms with van der Waals surface area (Å²) in [4.78, 5) is 0. The second-order valence-corrected chi connectivity index (χ2v) is 9.92. The summed E-state index contributed by atoms with van der Waals surface area (Å²) in [5.41, 5.74) is 4.40. The summed E-state index contributed by atoms with van der Waals surface area (Å²) in [6.45, 7) is 11.1. The third-order valence-corrected chi connectivity index (χ3v) is 6.78. The van der Waals surface area contributed by atoms with Crippen molar-refractivity contribution in [1.29, 1.82) is 0 Å². The molecule has 0 nitrogen and oxygen atoms in total. The lowest BCUT2D eigenvalue weighted by atomic mass is 11.2. The molecule has 8 heavy (non-hydrogen) atoms. The van der Waals surface area contributed by atoms with Crippen LogP contribution in [0.4, 0.5) is 0 Å². The molecule has 0 fully saturated rings. The van der Waals surface area contributed by atoms with Gasteiger partial charge in [0.05, 0.1) is 0 Å². The summed E-state index contributed by atoms with van der Waals surface area (Å²) in [6, 6.07) is 0. The topological polar surface area (TPSA) is 0 Å². The van der Waals surface area contributed by atoms with Crippen LogP contribution in [-0.2, 0) is 0 Å². The van der Waals surface area contributed by atoms with Crippen molar-refractivity contribution in [3.05, 3.63) is 36.8 Å². The maximum atomic E-state index is 3.69. The van der Waals surface area contributed by atoms with Crippen LogP contribution in [0, 0.1) is 0 Å². The Balaban J connectivity index is 4.18. The van der Waals surface area contributed by atoms with Crippen LogP contribution in [0.5, 0.6) is 0 Å². The second-order valence-electron chi connectivity index (χ2n) is 1.44. The fourth-order valence-corrected chi connectivity index (χ4v) is 0.750. The van der Waals surface area contributed by atoms with Crippen molar-refractivity contribution >= 4 is 27.4 Å². The number of rotatable bonds is 3. The van der Waals surface area contributed by atoms with Gasteiger partial charge < -0.3 is 0 Å². The van der Waals surface area contributed by atoms with Crippen molar-refractivity contribution < 1.29 is 0 Å². The largest absolute Gasteiger partial charge is 0.193 e. The van der Waals surface area contributed by atoms with Gasteiger partial charge in [0.2, 0.25) is 0 Å². The number of hydrogen-bond acceptors (Lipinski definition) is 0. The lowest BCUT2D eigenvalue weighted by Crippen LogP contribution is -2.15. The molecule has 0 rings (SSSR count). The Hall–Kier alpha value is 0.167. The summed E-state index contributed by atoms with van der Waals surface area (Å²) >= 11 is 2.35. The minimum atomic E-state index is -1.41. The molecule has 0 spiro atoms. The molecular weight excluding hydrogens is 227 g/mol. The van der Waals surface area contributed by atoms with Crippen LogP contribution >= 0.6 is 21.8 Å². The van der Waals surface area contributed by atoms with Gasteiger partial charge in [-0.1, -0.05) is 17.1 Å². The zero-order valence-corrected chi connectivity index (χ0v) is 7.89. The maximum absolute atomic E-state index is 3.69. The molecule has 0 saturated carbocycles. The van der Waals surface area contributed by atoms with Crippen LogP contribution < -0.4 is 0 Å². The van der Waals surface area contributed by atoms with E-state index in [-0.39, 0.29) is 0 Å². The Kier molecular flexibility index (Phi) is 3.31. The molecule has 0 bridgehead atoms. The smallest absolute Gasteiger partial charge is 0.106 e. The lowest BCUT2D eigenvalue weighted by molar-refractivity contribution is 2.24. The number of hydrogen-bond donors (Lipinski definition) is 0. The molecule has 0 unspecified atom stereocenters. The highest BCUT2D eigenvalue weighted by molar-refractivity contribution is 14.1. The first-order chi connectivity index (χ1) is 3.68. The van der Waals surface area contributed by atoms with Gasteiger partial charge in [0, 0.05) is 0 Å². The van der Waals surface area contributed by atoms with Gasteiger partial charge in [0.25, 0.3) is 0 Å². The van der Waals surface area contributed by atoms with Crippen molar-refractivity contribution in [2.45, 2.75) is 0 Å². The molecule has 0 aromatic carbocycles. The highest BCUT2D eigenvalue weighted by Gasteiger charge is 2.14. The Morgan fingerprint density at radius 1 is 1.00 bits per heavy atom. The summed E-state index contributed by atoms with van der Waals surface area (Å²) < 4.78 is 0. The SMILES string of the molecule is C=C[Si](I)(C=C)C=C. The quantitative estimate of drug-likeness (QED) is 0.401. The molecule has 0 aromatic heterocycles. The van der Waals surface area contributed by atoms with Crippen LogP contribution in [0.3, 0.4) is 0 Å². The van der Waals surface area contributed by atoms with E-state index in [4.69, 9.17) is 0 Å². The summed E-state index contributed by atoms with van der Waals surface area (Å²) in [6.07, 6.45) is 0. The molecule has 0 aliphatic heterocycles. The van der Waals surface area contributed by atoms with E-state index < -0.39 is 5.57 Å². The molecule has 0 aliphatic carbocycles. The Morgan fingerprint density at radius 2 is 1.25 bits per heavy atom. The van der Waals surface area contributed by atoms with Gasteiger partial charge in [-0.15, -0.1) is 41.5 Å². The van der Waals surface area contributed by atoms with Gasteiger partial charge in [-0.3, -0.25) is 0 Å². The van der Waals surface area contributed by atoms with Gasteiger partial charge in [0.1, 0.15) is 0 Å². The van der Waals surface area contributed by atoms with E-state index in [9.17, 15) is 0 Å². The zero-order chi connectivity index (χ0) is 6.62. The lowest BCUT2D eigenvalue weighted by Gasteiger charge is -2.06. The van der Waals surface area contributed by atoms with Crippen molar-refractivity contribution in [1.82, 2.24) is 0 Å². The summed E-state index contributed by atoms with van der Waals surface area (Å²) in [5, 5.41) is 0. The van der Waals surface area contributed by atoms with Crippen molar-refractivity contribution in [2.75, 3.05) is 0 Å². The Labute approximate surface area is 64.2 Å². The van der Waals surface area contributed by atoms with Crippen molar-refractivity contribution in [3.8, 4) is 0 Å². The van der Waals surface area contributed by atoms with Crippen LogP contribution in [-0.4, -0.2) is 5.57 Å². The Bertz CT molecular complexity index is 95.9. The molecule has 0 aromatic rings. The first-order valence-electron chi connectivity index (χ1n) is 2.28. The van der Waals surface area contributed by atoms with E-state index in [1.165, 1.54) is 0 Å². The Morgan fingerprint density at radius 3 is 1.25 bits per heavy atom. The fraction of sp³-hybridized carbons (Fsp3) is 0. The maximum Gasteiger partial charge on any atom is 0.193 e. The zero-order valence-electron chi connectivity index (χ0n) is 4.73. The summed E-state index contributed by atoms with van der Waals surface area (Å²) in [7, 11) is 0. The molecule has 0 atom stereocenters. The molecule has 0 N–H and O–H groups in total. The third kappa shape index (κ3) is 1.96. The van der Waals surface area contributed by atoms with Crippen LogP contribution in [0.2, 0.25) is 0 Å². The fourth-order valence-electron chi connectivity index (χ4n) is 0.250. The number of halogens is 1. The highest BCUT2D eigenvalue weighted by Crippen LogP contribution is 2.15. The first-order valence-corrected chi connectivity index (χ1v) is 7.63. The van der Waals surface area contributed by atoms with Crippen LogP contribution in [0.15, 0.2) is 36.8 Å². The van der Waals surface area contributed by atoms with E-state index in [1.807, 2.05) is 17.1 Å².